The fraction of sp³-hybridized carbons (Fsp3) is 0.600. The van der Waals surface area contributed by atoms with Crippen molar-refractivity contribution in [2.24, 2.45) is 5.41 Å². The first-order valence-electron chi connectivity index (χ1n) is 6.41. The van der Waals surface area contributed by atoms with E-state index in [-0.39, 0.29) is 0 Å². The molecule has 0 saturated carbocycles. The van der Waals surface area contributed by atoms with E-state index >= 15 is 0 Å². The number of nitrogens with one attached hydrogen (secondary N) is 1. The van der Waals surface area contributed by atoms with Crippen LogP contribution in [0.3, 0.4) is 0 Å². The fourth-order valence-electron chi connectivity index (χ4n) is 1.93. The third-order valence-corrected chi connectivity index (χ3v) is 2.98. The molecule has 0 radical (unpaired) electrons. The predicted octanol–water partition coefficient (Wildman–Crippen LogP) is 4.82. The van der Waals surface area contributed by atoms with Gasteiger partial charge in [-0.2, -0.15) is 0 Å². The predicted molar refractivity (Wildman–Crippen MR) is 76.6 cm³/mol. The van der Waals surface area contributed by atoms with Gasteiger partial charge in [-0.05, 0) is 42.5 Å². The number of halogens is 1. The SMILES string of the molecule is CCCNC(CC(C)(C)C)c1ccc(Cl)cc1. The van der Waals surface area contributed by atoms with Crippen LogP contribution in [-0.2, 0) is 0 Å². The van der Waals surface area contributed by atoms with Crippen LogP contribution in [0.4, 0.5) is 0 Å². The normalized spacial score (nSPS) is 13.7. The summed E-state index contributed by atoms with van der Waals surface area (Å²) in [5.41, 5.74) is 1.66. The molecular formula is C15H24ClN. The fourth-order valence-corrected chi connectivity index (χ4v) is 2.06. The van der Waals surface area contributed by atoms with Crippen LogP contribution >= 0.6 is 11.6 Å². The lowest BCUT2D eigenvalue weighted by atomic mass is 9.85. The second kappa shape index (κ2) is 6.42. The van der Waals surface area contributed by atoms with Gasteiger partial charge in [-0.1, -0.05) is 51.4 Å². The van der Waals surface area contributed by atoms with Crippen LogP contribution in [0.15, 0.2) is 24.3 Å². The van der Waals surface area contributed by atoms with Gasteiger partial charge in [0.25, 0.3) is 0 Å². The van der Waals surface area contributed by atoms with Crippen molar-refractivity contribution in [1.82, 2.24) is 5.32 Å². The van der Waals surface area contributed by atoms with Crippen LogP contribution < -0.4 is 5.32 Å². The van der Waals surface area contributed by atoms with Crippen LogP contribution in [0, 0.1) is 5.41 Å². The largest absolute Gasteiger partial charge is 0.310 e. The molecule has 0 spiro atoms. The molecule has 0 saturated heterocycles. The Balaban J connectivity index is 2.78. The molecule has 0 aromatic heterocycles. The number of benzene rings is 1. The van der Waals surface area contributed by atoms with Crippen molar-refractivity contribution in [2.45, 2.75) is 46.6 Å². The highest BCUT2D eigenvalue weighted by atomic mass is 35.5. The molecule has 1 nitrogen and oxygen atoms in total. The lowest BCUT2D eigenvalue weighted by molar-refractivity contribution is 0.311. The highest BCUT2D eigenvalue weighted by Crippen LogP contribution is 2.29. The summed E-state index contributed by atoms with van der Waals surface area (Å²) < 4.78 is 0. The zero-order valence-electron chi connectivity index (χ0n) is 11.4. The minimum atomic E-state index is 0.324. The first kappa shape index (κ1) is 14.5. The van der Waals surface area contributed by atoms with Crippen LogP contribution in [0.5, 0.6) is 0 Å². The van der Waals surface area contributed by atoms with Gasteiger partial charge in [0.05, 0.1) is 0 Å². The Morgan fingerprint density at radius 1 is 1.18 bits per heavy atom. The highest BCUT2D eigenvalue weighted by molar-refractivity contribution is 6.30. The standard InChI is InChI=1S/C15H24ClN/c1-5-10-17-14(11-15(2,3)4)12-6-8-13(16)9-7-12/h6-9,14,17H,5,10-11H2,1-4H3. The van der Waals surface area contributed by atoms with Crippen molar-refractivity contribution in [3.63, 3.8) is 0 Å². The average molecular weight is 254 g/mol. The third-order valence-electron chi connectivity index (χ3n) is 2.73. The van der Waals surface area contributed by atoms with Gasteiger partial charge in [0.2, 0.25) is 0 Å². The Morgan fingerprint density at radius 2 is 1.76 bits per heavy atom. The third kappa shape index (κ3) is 5.56. The molecule has 0 bridgehead atoms. The second-order valence-corrected chi connectivity index (χ2v) is 6.26. The lowest BCUT2D eigenvalue weighted by Gasteiger charge is -2.27. The first-order valence-corrected chi connectivity index (χ1v) is 6.79. The van der Waals surface area contributed by atoms with Gasteiger partial charge in [0.15, 0.2) is 0 Å². The Kier molecular flexibility index (Phi) is 5.48. The van der Waals surface area contributed by atoms with E-state index < -0.39 is 0 Å². The molecule has 0 heterocycles. The minimum Gasteiger partial charge on any atom is -0.310 e. The molecule has 0 aliphatic rings. The lowest BCUT2D eigenvalue weighted by Crippen LogP contribution is -2.26. The minimum absolute atomic E-state index is 0.324. The van der Waals surface area contributed by atoms with Crippen LogP contribution in [0.25, 0.3) is 0 Å². The van der Waals surface area contributed by atoms with E-state index in [1.54, 1.807) is 0 Å². The Labute approximate surface area is 111 Å². The maximum atomic E-state index is 5.93. The highest BCUT2D eigenvalue weighted by Gasteiger charge is 2.19. The van der Waals surface area contributed by atoms with E-state index in [2.05, 4.69) is 45.1 Å². The molecule has 2 heteroatoms. The summed E-state index contributed by atoms with van der Waals surface area (Å²) in [6.07, 6.45) is 2.29. The van der Waals surface area contributed by atoms with Gasteiger partial charge in [-0.3, -0.25) is 0 Å². The van der Waals surface area contributed by atoms with Crippen molar-refractivity contribution in [1.29, 1.82) is 0 Å². The summed E-state index contributed by atoms with van der Waals surface area (Å²) in [6.45, 7) is 10.1. The first-order chi connectivity index (χ1) is 7.92. The van der Waals surface area contributed by atoms with Crippen molar-refractivity contribution < 1.29 is 0 Å². The topological polar surface area (TPSA) is 12.0 Å². The van der Waals surface area contributed by atoms with E-state index in [4.69, 9.17) is 11.6 Å². The maximum Gasteiger partial charge on any atom is 0.0406 e. The van der Waals surface area contributed by atoms with E-state index in [0.717, 1.165) is 24.4 Å². The van der Waals surface area contributed by atoms with Crippen molar-refractivity contribution >= 4 is 11.6 Å². The molecule has 1 unspecified atom stereocenters. The second-order valence-electron chi connectivity index (χ2n) is 5.82. The van der Waals surface area contributed by atoms with Crippen molar-refractivity contribution in [3.8, 4) is 0 Å². The van der Waals surface area contributed by atoms with Gasteiger partial charge in [0.1, 0.15) is 0 Å². The number of hydrogen-bond acceptors (Lipinski definition) is 1. The Hall–Kier alpha value is -0.530. The maximum absolute atomic E-state index is 5.93. The molecule has 1 aromatic carbocycles. The summed E-state index contributed by atoms with van der Waals surface area (Å²) in [6, 6.07) is 8.62. The zero-order chi connectivity index (χ0) is 12.9. The molecule has 17 heavy (non-hydrogen) atoms. The van der Waals surface area contributed by atoms with Crippen LogP contribution in [0.1, 0.15) is 52.1 Å². The van der Waals surface area contributed by atoms with E-state index in [0.29, 0.717) is 11.5 Å². The molecule has 0 aliphatic carbocycles. The molecule has 0 fully saturated rings. The molecular weight excluding hydrogens is 230 g/mol. The quantitative estimate of drug-likeness (QED) is 0.794. The Morgan fingerprint density at radius 3 is 2.24 bits per heavy atom. The summed E-state index contributed by atoms with van der Waals surface area (Å²) in [7, 11) is 0. The van der Waals surface area contributed by atoms with Gasteiger partial charge in [-0.25, -0.2) is 0 Å². The van der Waals surface area contributed by atoms with Crippen LogP contribution in [0.2, 0.25) is 5.02 Å². The Bertz CT molecular complexity index is 324. The van der Waals surface area contributed by atoms with Crippen molar-refractivity contribution in [3.05, 3.63) is 34.9 Å². The molecule has 1 N–H and O–H groups in total. The van der Waals surface area contributed by atoms with E-state index in [1.807, 2.05) is 12.1 Å². The molecule has 0 amide bonds. The van der Waals surface area contributed by atoms with Gasteiger partial charge < -0.3 is 5.32 Å². The van der Waals surface area contributed by atoms with Gasteiger partial charge in [0, 0.05) is 11.1 Å². The number of rotatable bonds is 5. The van der Waals surface area contributed by atoms with Crippen LogP contribution in [-0.4, -0.2) is 6.54 Å². The summed E-state index contributed by atoms with van der Waals surface area (Å²) in [5, 5.41) is 4.42. The molecule has 96 valence electrons. The smallest absolute Gasteiger partial charge is 0.0406 e. The summed E-state index contributed by atoms with van der Waals surface area (Å²) in [5.74, 6) is 0. The zero-order valence-corrected chi connectivity index (χ0v) is 12.1. The molecule has 1 aromatic rings. The van der Waals surface area contributed by atoms with Crippen molar-refractivity contribution in [2.75, 3.05) is 6.54 Å². The average Bonchev–Trinajstić information content (AvgIpc) is 2.24. The molecule has 0 aliphatic heterocycles. The summed E-state index contributed by atoms with van der Waals surface area (Å²) in [4.78, 5) is 0. The molecule has 1 rings (SSSR count). The summed E-state index contributed by atoms with van der Waals surface area (Å²) >= 11 is 5.93. The monoisotopic (exact) mass is 253 g/mol. The number of hydrogen-bond donors (Lipinski definition) is 1. The van der Waals surface area contributed by atoms with E-state index in [1.165, 1.54) is 5.56 Å². The van der Waals surface area contributed by atoms with Gasteiger partial charge >= 0.3 is 0 Å². The molecule has 1 atom stereocenters. The van der Waals surface area contributed by atoms with Gasteiger partial charge in [-0.15, -0.1) is 0 Å². The van der Waals surface area contributed by atoms with E-state index in [9.17, 15) is 0 Å².